The maximum Gasteiger partial charge on any atom is 0.278 e. The molecule has 2 amide bonds. The van der Waals surface area contributed by atoms with Gasteiger partial charge in [-0.25, -0.2) is 0 Å². The Morgan fingerprint density at radius 3 is 2.32 bits per heavy atom. The van der Waals surface area contributed by atoms with Crippen molar-refractivity contribution in [1.82, 2.24) is 4.90 Å². The second-order valence-corrected chi connectivity index (χ2v) is 6.52. The summed E-state index contributed by atoms with van der Waals surface area (Å²) in [6.07, 6.45) is 0.689. The highest BCUT2D eigenvalue weighted by atomic mass is 16.5. The zero-order chi connectivity index (χ0) is 20.3. The van der Waals surface area contributed by atoms with Gasteiger partial charge in [-0.15, -0.1) is 0 Å². The number of carbonyl (C=O) groups is 2. The normalized spacial score (nSPS) is 13.9. The SMILES string of the molecule is CCCN1C(=O)C(Nc2ccccc2C)=C(c2ccc(OC)c(OC)c2)C1=O. The van der Waals surface area contributed by atoms with Gasteiger partial charge in [0.25, 0.3) is 11.8 Å². The molecule has 2 aromatic carbocycles. The number of nitrogens with one attached hydrogen (secondary N) is 1. The molecular weight excluding hydrogens is 356 g/mol. The summed E-state index contributed by atoms with van der Waals surface area (Å²) in [6, 6.07) is 12.9. The number of rotatable bonds is 7. The van der Waals surface area contributed by atoms with Crippen LogP contribution in [0.1, 0.15) is 24.5 Å². The number of benzene rings is 2. The van der Waals surface area contributed by atoms with Crippen LogP contribution in [0.25, 0.3) is 5.57 Å². The van der Waals surface area contributed by atoms with Gasteiger partial charge in [-0.1, -0.05) is 31.2 Å². The largest absolute Gasteiger partial charge is 0.493 e. The van der Waals surface area contributed by atoms with E-state index in [1.165, 1.54) is 12.0 Å². The summed E-state index contributed by atoms with van der Waals surface area (Å²) >= 11 is 0. The van der Waals surface area contributed by atoms with Crippen molar-refractivity contribution in [2.75, 3.05) is 26.1 Å². The van der Waals surface area contributed by atoms with Crippen LogP contribution in [-0.4, -0.2) is 37.5 Å². The average Bonchev–Trinajstić information content (AvgIpc) is 2.93. The van der Waals surface area contributed by atoms with Crippen LogP contribution in [0.4, 0.5) is 5.69 Å². The van der Waals surface area contributed by atoms with Crippen molar-refractivity contribution in [3.05, 3.63) is 59.3 Å². The minimum absolute atomic E-state index is 0.278. The van der Waals surface area contributed by atoms with Crippen LogP contribution in [0.2, 0.25) is 0 Å². The van der Waals surface area contributed by atoms with E-state index in [9.17, 15) is 9.59 Å². The molecule has 0 atom stereocenters. The molecule has 0 fully saturated rings. The summed E-state index contributed by atoms with van der Waals surface area (Å²) in [6.45, 7) is 4.25. The fourth-order valence-electron chi connectivity index (χ4n) is 3.23. The van der Waals surface area contributed by atoms with Crippen molar-refractivity contribution < 1.29 is 19.1 Å². The lowest BCUT2D eigenvalue weighted by atomic mass is 10.0. The third-order valence-corrected chi connectivity index (χ3v) is 4.69. The molecule has 6 nitrogen and oxygen atoms in total. The summed E-state index contributed by atoms with van der Waals surface area (Å²) < 4.78 is 10.6. The van der Waals surface area contributed by atoms with Crippen LogP contribution in [0, 0.1) is 6.92 Å². The highest BCUT2D eigenvalue weighted by Crippen LogP contribution is 2.36. The maximum atomic E-state index is 13.1. The third kappa shape index (κ3) is 3.45. The number of aryl methyl sites for hydroxylation is 1. The molecule has 0 aromatic heterocycles. The van der Waals surface area contributed by atoms with E-state index in [0.29, 0.717) is 35.6 Å². The molecule has 146 valence electrons. The average molecular weight is 380 g/mol. The van der Waals surface area contributed by atoms with Gasteiger partial charge in [0.05, 0.1) is 19.8 Å². The van der Waals surface area contributed by atoms with E-state index in [4.69, 9.17) is 9.47 Å². The Kier molecular flexibility index (Phi) is 5.68. The molecular formula is C22H24N2O4. The Labute approximate surface area is 164 Å². The number of nitrogens with zero attached hydrogens (tertiary/aromatic N) is 1. The number of methoxy groups -OCH3 is 2. The molecule has 3 rings (SSSR count). The summed E-state index contributed by atoms with van der Waals surface area (Å²) in [5, 5.41) is 3.19. The summed E-state index contributed by atoms with van der Waals surface area (Å²) in [5.74, 6) is 0.425. The van der Waals surface area contributed by atoms with Crippen LogP contribution < -0.4 is 14.8 Å². The lowest BCUT2D eigenvalue weighted by Gasteiger charge is -2.14. The van der Waals surface area contributed by atoms with Gasteiger partial charge in [0.2, 0.25) is 0 Å². The number of hydrogen-bond donors (Lipinski definition) is 1. The number of para-hydroxylation sites is 1. The van der Waals surface area contributed by atoms with Gasteiger partial charge in [0.15, 0.2) is 11.5 Å². The summed E-state index contributed by atoms with van der Waals surface area (Å²) in [7, 11) is 3.09. The van der Waals surface area contributed by atoms with Gasteiger partial charge in [-0.3, -0.25) is 14.5 Å². The fraction of sp³-hybridized carbons (Fsp3) is 0.273. The Hall–Kier alpha value is -3.28. The van der Waals surface area contributed by atoms with Crippen LogP contribution >= 0.6 is 0 Å². The van der Waals surface area contributed by atoms with Crippen molar-refractivity contribution in [2.45, 2.75) is 20.3 Å². The maximum absolute atomic E-state index is 13.1. The molecule has 1 aliphatic rings. The lowest BCUT2D eigenvalue weighted by Crippen LogP contribution is -2.33. The first-order valence-electron chi connectivity index (χ1n) is 9.17. The first kappa shape index (κ1) is 19.5. The molecule has 0 radical (unpaired) electrons. The van der Waals surface area contributed by atoms with Crippen LogP contribution in [0.15, 0.2) is 48.2 Å². The van der Waals surface area contributed by atoms with Crippen LogP contribution in [0.3, 0.4) is 0 Å². The predicted molar refractivity (Wildman–Crippen MR) is 108 cm³/mol. The van der Waals surface area contributed by atoms with Gasteiger partial charge in [0.1, 0.15) is 5.70 Å². The number of carbonyl (C=O) groups excluding carboxylic acids is 2. The Bertz CT molecular complexity index is 949. The summed E-state index contributed by atoms with van der Waals surface area (Å²) in [4.78, 5) is 27.4. The molecule has 1 heterocycles. The van der Waals surface area contributed by atoms with E-state index >= 15 is 0 Å². The number of amides is 2. The van der Waals surface area contributed by atoms with E-state index in [1.807, 2.05) is 38.1 Å². The first-order valence-corrected chi connectivity index (χ1v) is 9.17. The van der Waals surface area contributed by atoms with Crippen molar-refractivity contribution in [3.63, 3.8) is 0 Å². The van der Waals surface area contributed by atoms with Crippen molar-refractivity contribution in [3.8, 4) is 11.5 Å². The zero-order valence-electron chi connectivity index (χ0n) is 16.5. The minimum atomic E-state index is -0.320. The number of ether oxygens (including phenoxy) is 2. The Morgan fingerprint density at radius 2 is 1.68 bits per heavy atom. The van der Waals surface area contributed by atoms with Gasteiger partial charge in [-0.05, 0) is 42.7 Å². The topological polar surface area (TPSA) is 67.9 Å². The van der Waals surface area contributed by atoms with Crippen molar-refractivity contribution in [2.24, 2.45) is 0 Å². The Morgan fingerprint density at radius 1 is 0.964 bits per heavy atom. The molecule has 28 heavy (non-hydrogen) atoms. The lowest BCUT2D eigenvalue weighted by molar-refractivity contribution is -0.136. The van der Waals surface area contributed by atoms with E-state index in [-0.39, 0.29) is 17.5 Å². The molecule has 6 heteroatoms. The van der Waals surface area contributed by atoms with Crippen molar-refractivity contribution in [1.29, 1.82) is 0 Å². The third-order valence-electron chi connectivity index (χ3n) is 4.69. The quantitative estimate of drug-likeness (QED) is 0.743. The van der Waals surface area contributed by atoms with E-state index in [2.05, 4.69) is 5.32 Å². The fourth-order valence-corrected chi connectivity index (χ4v) is 3.23. The standard InChI is InChI=1S/C22H24N2O4/c1-5-12-24-21(25)19(15-10-11-17(27-3)18(13-15)28-4)20(22(24)26)23-16-9-7-6-8-14(16)2/h6-11,13,23H,5,12H2,1-4H3. The van der Waals surface area contributed by atoms with Gasteiger partial charge < -0.3 is 14.8 Å². The van der Waals surface area contributed by atoms with E-state index < -0.39 is 0 Å². The zero-order valence-corrected chi connectivity index (χ0v) is 16.5. The highest BCUT2D eigenvalue weighted by molar-refractivity contribution is 6.36. The number of hydrogen-bond acceptors (Lipinski definition) is 5. The van der Waals surface area contributed by atoms with Crippen LogP contribution in [-0.2, 0) is 9.59 Å². The molecule has 0 saturated heterocycles. The Balaban J connectivity index is 2.13. The highest BCUT2D eigenvalue weighted by Gasteiger charge is 2.39. The smallest absolute Gasteiger partial charge is 0.278 e. The molecule has 0 bridgehead atoms. The molecule has 2 aromatic rings. The molecule has 1 aliphatic heterocycles. The monoisotopic (exact) mass is 380 g/mol. The van der Waals surface area contributed by atoms with E-state index in [0.717, 1.165) is 11.3 Å². The second kappa shape index (κ2) is 8.17. The van der Waals surface area contributed by atoms with Crippen LogP contribution in [0.5, 0.6) is 11.5 Å². The first-order chi connectivity index (χ1) is 13.5. The van der Waals surface area contributed by atoms with Gasteiger partial charge >= 0.3 is 0 Å². The van der Waals surface area contributed by atoms with Gasteiger partial charge in [-0.2, -0.15) is 0 Å². The predicted octanol–water partition coefficient (Wildman–Crippen LogP) is 3.61. The molecule has 0 spiro atoms. The minimum Gasteiger partial charge on any atom is -0.493 e. The van der Waals surface area contributed by atoms with Crippen molar-refractivity contribution >= 4 is 23.1 Å². The molecule has 0 aliphatic carbocycles. The second-order valence-electron chi connectivity index (χ2n) is 6.52. The van der Waals surface area contributed by atoms with E-state index in [1.54, 1.807) is 25.3 Å². The summed E-state index contributed by atoms with van der Waals surface area (Å²) in [5.41, 5.74) is 2.99. The molecule has 0 saturated carbocycles. The number of anilines is 1. The number of imide groups is 1. The molecule has 0 unspecified atom stereocenters. The molecule has 1 N–H and O–H groups in total. The van der Waals surface area contributed by atoms with Gasteiger partial charge in [0, 0.05) is 12.2 Å².